The first kappa shape index (κ1) is 13.8. The van der Waals surface area contributed by atoms with Crippen LogP contribution < -0.4 is 10.4 Å². The first-order chi connectivity index (χ1) is 8.87. The summed E-state index contributed by atoms with van der Waals surface area (Å²) < 4.78 is 0. The van der Waals surface area contributed by atoms with Crippen LogP contribution in [0.5, 0.6) is 5.75 Å². The summed E-state index contributed by atoms with van der Waals surface area (Å²) in [5.41, 5.74) is 0. The van der Waals surface area contributed by atoms with Crippen LogP contribution in [0.15, 0.2) is 54.6 Å². The molecule has 0 saturated carbocycles. The minimum atomic E-state index is -3.00. The first-order valence-electron chi connectivity index (χ1n) is 6.44. The average Bonchev–Trinajstić information content (AvgIpc) is 2.38. The highest BCUT2D eigenvalue weighted by Crippen LogP contribution is 2.35. The molecule has 2 N–H and O–H groups in total. The third-order valence-corrected chi connectivity index (χ3v) is 8.11. The highest BCUT2D eigenvalue weighted by atomic mass is 28.4. The van der Waals surface area contributed by atoms with Crippen LogP contribution in [0.1, 0.15) is 20.8 Å². The standard InChI is InChI=1S/C16H20O2Si/c1-16(2,3)19(18,13-9-5-4-6-10-13)15-12-8-7-11-14(15)17/h4-12,17-18H,1-3H3/t19-/m0/s1. The number of hydrogen-bond donors (Lipinski definition) is 2. The summed E-state index contributed by atoms with van der Waals surface area (Å²) in [7, 11) is -3.00. The maximum atomic E-state index is 11.5. The van der Waals surface area contributed by atoms with Crippen LogP contribution in [0, 0.1) is 0 Å². The topological polar surface area (TPSA) is 40.5 Å². The molecule has 0 fully saturated rings. The van der Waals surface area contributed by atoms with E-state index in [0.29, 0.717) is 5.19 Å². The van der Waals surface area contributed by atoms with E-state index in [4.69, 9.17) is 0 Å². The molecule has 0 heterocycles. The van der Waals surface area contributed by atoms with Gasteiger partial charge in [-0.3, -0.25) is 0 Å². The van der Waals surface area contributed by atoms with Gasteiger partial charge in [0.15, 0.2) is 0 Å². The minimum Gasteiger partial charge on any atom is -0.508 e. The first-order valence-corrected chi connectivity index (χ1v) is 8.38. The number of phenolic OH excluding ortho intramolecular Hbond substituents is 1. The Bertz CT molecular complexity index is 560. The van der Waals surface area contributed by atoms with Crippen LogP contribution >= 0.6 is 0 Å². The Hall–Kier alpha value is -1.58. The van der Waals surface area contributed by atoms with Crippen molar-refractivity contribution in [2.24, 2.45) is 0 Å². The fourth-order valence-electron chi connectivity index (χ4n) is 2.45. The van der Waals surface area contributed by atoms with Crippen molar-refractivity contribution in [2.45, 2.75) is 25.8 Å². The Morgan fingerprint density at radius 3 is 1.89 bits per heavy atom. The zero-order valence-electron chi connectivity index (χ0n) is 11.6. The van der Waals surface area contributed by atoms with E-state index in [1.165, 1.54) is 0 Å². The molecule has 0 aromatic heterocycles. The Labute approximate surface area is 115 Å². The quantitative estimate of drug-likeness (QED) is 0.823. The van der Waals surface area contributed by atoms with E-state index in [2.05, 4.69) is 0 Å². The molecule has 2 nitrogen and oxygen atoms in total. The lowest BCUT2D eigenvalue weighted by Crippen LogP contribution is -2.64. The minimum absolute atomic E-state index is 0.176. The van der Waals surface area contributed by atoms with Crippen molar-refractivity contribution < 1.29 is 9.90 Å². The molecule has 2 aromatic rings. The average molecular weight is 272 g/mol. The zero-order chi connectivity index (χ0) is 14.1. The van der Waals surface area contributed by atoms with Gasteiger partial charge >= 0.3 is 0 Å². The van der Waals surface area contributed by atoms with Gasteiger partial charge in [0.2, 0.25) is 0 Å². The molecule has 2 rings (SSSR count). The predicted molar refractivity (Wildman–Crippen MR) is 81.5 cm³/mol. The molecular formula is C16H20O2Si. The zero-order valence-corrected chi connectivity index (χ0v) is 12.6. The molecule has 19 heavy (non-hydrogen) atoms. The second-order valence-electron chi connectivity index (χ2n) is 5.84. The molecular weight excluding hydrogens is 252 g/mol. The molecule has 2 aromatic carbocycles. The van der Waals surface area contributed by atoms with Crippen molar-refractivity contribution in [1.82, 2.24) is 0 Å². The number of rotatable bonds is 2. The van der Waals surface area contributed by atoms with Crippen LogP contribution in [-0.4, -0.2) is 18.2 Å². The molecule has 100 valence electrons. The molecule has 1 atom stereocenters. The highest BCUT2D eigenvalue weighted by molar-refractivity contribution is 6.99. The van der Waals surface area contributed by atoms with E-state index in [0.717, 1.165) is 5.19 Å². The maximum absolute atomic E-state index is 11.5. The molecule has 0 unspecified atom stereocenters. The van der Waals surface area contributed by atoms with Crippen LogP contribution in [0.25, 0.3) is 0 Å². The number of para-hydroxylation sites is 1. The van der Waals surface area contributed by atoms with E-state index in [1.807, 2.05) is 63.2 Å². The third kappa shape index (κ3) is 2.31. The van der Waals surface area contributed by atoms with Crippen molar-refractivity contribution >= 4 is 18.7 Å². The lowest BCUT2D eigenvalue weighted by Gasteiger charge is -2.38. The van der Waals surface area contributed by atoms with Gasteiger partial charge in [-0.2, -0.15) is 0 Å². The summed E-state index contributed by atoms with van der Waals surface area (Å²) in [5, 5.41) is 11.4. The van der Waals surface area contributed by atoms with Gasteiger partial charge in [0.1, 0.15) is 5.75 Å². The summed E-state index contributed by atoms with van der Waals surface area (Å²) in [4.78, 5) is 11.5. The largest absolute Gasteiger partial charge is 0.508 e. The molecule has 0 aliphatic rings. The predicted octanol–water partition coefficient (Wildman–Crippen LogP) is 2.24. The molecule has 0 aliphatic heterocycles. The highest BCUT2D eigenvalue weighted by Gasteiger charge is 2.48. The molecule has 0 bridgehead atoms. The van der Waals surface area contributed by atoms with Crippen molar-refractivity contribution in [3.05, 3.63) is 54.6 Å². The summed E-state index contributed by atoms with van der Waals surface area (Å²) in [6.07, 6.45) is 0. The van der Waals surface area contributed by atoms with Gasteiger partial charge in [-0.15, -0.1) is 0 Å². The van der Waals surface area contributed by atoms with Gasteiger partial charge in [0.25, 0.3) is 8.32 Å². The van der Waals surface area contributed by atoms with Crippen LogP contribution in [0.4, 0.5) is 0 Å². The third-order valence-electron chi connectivity index (χ3n) is 3.57. The fraction of sp³-hybridized carbons (Fsp3) is 0.250. The molecule has 0 amide bonds. The van der Waals surface area contributed by atoms with Crippen LogP contribution in [0.3, 0.4) is 0 Å². The number of hydrogen-bond acceptors (Lipinski definition) is 2. The van der Waals surface area contributed by atoms with Gasteiger partial charge in [0.05, 0.1) is 0 Å². The molecule has 0 aliphatic carbocycles. The van der Waals surface area contributed by atoms with Gasteiger partial charge in [-0.05, 0) is 16.3 Å². The Morgan fingerprint density at radius 1 is 0.842 bits per heavy atom. The van der Waals surface area contributed by atoms with Gasteiger partial charge in [-0.25, -0.2) is 0 Å². The lowest BCUT2D eigenvalue weighted by molar-refractivity contribution is 0.468. The molecule has 0 spiro atoms. The summed E-state index contributed by atoms with van der Waals surface area (Å²) >= 11 is 0. The number of phenols is 1. The van der Waals surface area contributed by atoms with Crippen molar-refractivity contribution in [1.29, 1.82) is 0 Å². The van der Waals surface area contributed by atoms with E-state index < -0.39 is 8.32 Å². The van der Waals surface area contributed by atoms with Crippen LogP contribution in [0.2, 0.25) is 5.04 Å². The Morgan fingerprint density at radius 2 is 1.37 bits per heavy atom. The number of aromatic hydroxyl groups is 1. The monoisotopic (exact) mass is 272 g/mol. The molecule has 3 heteroatoms. The van der Waals surface area contributed by atoms with E-state index >= 15 is 0 Å². The Balaban J connectivity index is 2.71. The second kappa shape index (κ2) is 4.83. The smallest absolute Gasteiger partial charge is 0.261 e. The van der Waals surface area contributed by atoms with E-state index in [1.54, 1.807) is 12.1 Å². The van der Waals surface area contributed by atoms with Gasteiger partial charge in [0, 0.05) is 5.19 Å². The van der Waals surface area contributed by atoms with Crippen molar-refractivity contribution in [3.8, 4) is 5.75 Å². The number of benzene rings is 2. The fourth-order valence-corrected chi connectivity index (χ4v) is 5.90. The van der Waals surface area contributed by atoms with Crippen LogP contribution in [-0.2, 0) is 0 Å². The Kier molecular flexibility index (Phi) is 3.52. The second-order valence-corrected chi connectivity index (χ2v) is 9.88. The van der Waals surface area contributed by atoms with E-state index in [-0.39, 0.29) is 10.8 Å². The summed E-state index contributed by atoms with van der Waals surface area (Å²) in [6.45, 7) is 6.08. The maximum Gasteiger partial charge on any atom is 0.261 e. The van der Waals surface area contributed by atoms with Gasteiger partial charge in [-0.1, -0.05) is 69.3 Å². The summed E-state index contributed by atoms with van der Waals surface area (Å²) in [6, 6.07) is 16.8. The normalized spacial score (nSPS) is 14.9. The lowest BCUT2D eigenvalue weighted by atomic mass is 10.2. The van der Waals surface area contributed by atoms with Gasteiger partial charge < -0.3 is 9.90 Å². The SMILES string of the molecule is CC(C)(C)[Si@](O)(c1ccccc1)c1ccccc1O. The van der Waals surface area contributed by atoms with Crippen molar-refractivity contribution in [3.63, 3.8) is 0 Å². The van der Waals surface area contributed by atoms with E-state index in [9.17, 15) is 9.90 Å². The molecule has 0 saturated heterocycles. The molecule has 0 radical (unpaired) electrons. The summed E-state index contributed by atoms with van der Waals surface area (Å²) in [5.74, 6) is 0.176. The van der Waals surface area contributed by atoms with Crippen molar-refractivity contribution in [2.75, 3.05) is 0 Å².